The fourth-order valence-electron chi connectivity index (χ4n) is 1.13. The van der Waals surface area contributed by atoms with E-state index in [4.69, 9.17) is 5.11 Å². The Morgan fingerprint density at radius 2 is 0.808 bits per heavy atom. The van der Waals surface area contributed by atoms with Gasteiger partial charge in [-0.3, -0.25) is 0 Å². The fraction of sp³-hybridized carbons (Fsp3) is 0.875. The molecule has 0 rings (SSSR count). The van der Waals surface area contributed by atoms with Crippen LogP contribution in [-0.2, 0) is 4.74 Å². The van der Waals surface area contributed by atoms with Crippen molar-refractivity contribution in [2.45, 2.75) is 41.9 Å². The highest BCUT2D eigenvalue weighted by molar-refractivity contribution is 5.57. The average Bonchev–Trinajstić information content (AvgIpc) is 2.34. The molecule has 0 aliphatic heterocycles. The molecule has 0 atom stereocenters. The van der Waals surface area contributed by atoms with E-state index in [-0.39, 0.29) is 0 Å². The Morgan fingerprint density at radius 1 is 0.538 bits per heavy atom. The Labute approximate surface area is 130 Å². The van der Waals surface area contributed by atoms with Gasteiger partial charge < -0.3 is 9.84 Å². The Kier molecular flexibility index (Phi) is 5.46. The van der Waals surface area contributed by atoms with Crippen molar-refractivity contribution in [3.05, 3.63) is 0 Å². The summed E-state index contributed by atoms with van der Waals surface area (Å²) in [5.74, 6) is -41.3. The van der Waals surface area contributed by atoms with Gasteiger partial charge in [-0.1, -0.05) is 0 Å². The zero-order valence-electron chi connectivity index (χ0n) is 10.9. The van der Waals surface area contributed by atoms with Gasteiger partial charge in [-0.05, 0) is 0 Å². The van der Waals surface area contributed by atoms with Crippen LogP contribution in [-0.4, -0.2) is 53.2 Å². The molecule has 0 bridgehead atoms. The second-order valence-corrected chi connectivity index (χ2v) is 4.25. The molecule has 0 aromatic carbocycles. The molecule has 3 nitrogen and oxygen atoms in total. The number of rotatable bonds is 6. The van der Waals surface area contributed by atoms with Crippen molar-refractivity contribution in [1.82, 2.24) is 0 Å². The summed E-state index contributed by atoms with van der Waals surface area (Å²) in [4.78, 5) is 9.64. The van der Waals surface area contributed by atoms with Gasteiger partial charge in [0.15, 0.2) is 0 Å². The maximum Gasteiger partial charge on any atom is 0.510 e. The number of alkyl halides is 15. The highest BCUT2D eigenvalue weighted by Gasteiger charge is 2.94. The molecule has 0 saturated heterocycles. The number of ether oxygens (including phenoxy) is 1. The van der Waals surface area contributed by atoms with Gasteiger partial charge in [-0.15, -0.1) is 0 Å². The second kappa shape index (κ2) is 5.86. The molecule has 0 aliphatic carbocycles. The zero-order chi connectivity index (χ0) is 21.8. The van der Waals surface area contributed by atoms with Crippen molar-refractivity contribution in [2.24, 2.45) is 0 Å². The maximum atomic E-state index is 12.9. The van der Waals surface area contributed by atoms with Gasteiger partial charge >= 0.3 is 48.1 Å². The average molecular weight is 430 g/mol. The van der Waals surface area contributed by atoms with Crippen molar-refractivity contribution in [2.75, 3.05) is 0 Å². The van der Waals surface area contributed by atoms with Crippen molar-refractivity contribution >= 4 is 6.16 Å². The first-order valence-corrected chi connectivity index (χ1v) is 5.17. The molecule has 0 unspecified atom stereocenters. The Hall–Kier alpha value is -1.78. The van der Waals surface area contributed by atoms with E-state index in [0.29, 0.717) is 0 Å². The summed E-state index contributed by atoms with van der Waals surface area (Å²) in [5, 5.41) is 7.59. The highest BCUT2D eigenvalue weighted by Crippen LogP contribution is 2.62. The molecular weight excluding hydrogens is 429 g/mol. The summed E-state index contributed by atoms with van der Waals surface area (Å²) in [5.41, 5.74) is 0. The van der Waals surface area contributed by atoms with Crippen LogP contribution in [0.5, 0.6) is 0 Å². The third kappa shape index (κ3) is 3.06. The Bertz CT molecular complexity index is 548. The third-order valence-corrected chi connectivity index (χ3v) is 2.51. The highest BCUT2D eigenvalue weighted by atomic mass is 19.4. The predicted molar refractivity (Wildman–Crippen MR) is 44.8 cm³/mol. The van der Waals surface area contributed by atoms with Crippen LogP contribution >= 0.6 is 0 Å². The van der Waals surface area contributed by atoms with Gasteiger partial charge in [0, 0.05) is 0 Å². The van der Waals surface area contributed by atoms with Crippen LogP contribution in [0.15, 0.2) is 0 Å². The molecule has 156 valence electrons. The summed E-state index contributed by atoms with van der Waals surface area (Å²) < 4.78 is 189. The topological polar surface area (TPSA) is 46.5 Å². The van der Waals surface area contributed by atoms with Gasteiger partial charge in [0.05, 0.1) is 0 Å². The maximum absolute atomic E-state index is 12.9. The predicted octanol–water partition coefficient (Wildman–Crippen LogP) is 5.01. The number of halogens is 15. The lowest BCUT2D eigenvalue weighted by molar-refractivity contribution is -0.467. The van der Waals surface area contributed by atoms with Crippen LogP contribution < -0.4 is 0 Å². The smallest absolute Gasteiger partial charge is 0.450 e. The summed E-state index contributed by atoms with van der Waals surface area (Å²) in [6.07, 6.45) is -18.5. The van der Waals surface area contributed by atoms with Crippen LogP contribution in [0, 0.1) is 0 Å². The first-order chi connectivity index (χ1) is 10.9. The van der Waals surface area contributed by atoms with Gasteiger partial charge in [-0.25, -0.2) is 4.79 Å². The fourth-order valence-corrected chi connectivity index (χ4v) is 1.13. The first kappa shape index (κ1) is 24.2. The van der Waals surface area contributed by atoms with E-state index in [1.807, 2.05) is 4.74 Å². The summed E-state index contributed by atoms with van der Waals surface area (Å²) >= 11 is 0. The molecule has 0 amide bonds. The lowest BCUT2D eigenvalue weighted by Crippen LogP contribution is -2.72. The summed E-state index contributed by atoms with van der Waals surface area (Å²) in [6.45, 7) is 0. The number of hydrogen-bond acceptors (Lipinski definition) is 2. The van der Waals surface area contributed by atoms with Gasteiger partial charge in [-0.2, -0.15) is 65.9 Å². The van der Waals surface area contributed by atoms with E-state index in [1.165, 1.54) is 0 Å². The standard InChI is InChI=1S/C8HF15O3/c9-2(10,3(11,12)5(15,16)7(19,20)21)4(13,14)6(17,18)8(22,23)26-1(24)25/h(H,24,25). The molecule has 0 aromatic rings. The van der Waals surface area contributed by atoms with Crippen LogP contribution in [0.2, 0.25) is 0 Å². The molecule has 0 fully saturated rings. The van der Waals surface area contributed by atoms with Gasteiger partial charge in [0.2, 0.25) is 0 Å². The van der Waals surface area contributed by atoms with Gasteiger partial charge in [0.25, 0.3) is 0 Å². The molecular formula is C8HF15O3. The van der Waals surface area contributed by atoms with Crippen molar-refractivity contribution < 1.29 is 80.5 Å². The van der Waals surface area contributed by atoms with Crippen LogP contribution in [0.4, 0.5) is 70.7 Å². The first-order valence-electron chi connectivity index (χ1n) is 5.17. The Balaban J connectivity index is 6.46. The van der Waals surface area contributed by atoms with E-state index in [2.05, 4.69) is 0 Å². The van der Waals surface area contributed by atoms with Crippen molar-refractivity contribution in [3.8, 4) is 0 Å². The van der Waals surface area contributed by atoms with E-state index in [9.17, 15) is 70.7 Å². The molecule has 0 saturated carbocycles. The molecule has 1 N–H and O–H groups in total. The number of carboxylic acid groups (broad SMARTS) is 1. The van der Waals surface area contributed by atoms with E-state index >= 15 is 0 Å². The SMILES string of the molecule is O=C(O)OC(F)(F)C(F)(F)C(F)(F)C(F)(F)C(F)(F)C(F)(F)C(F)(F)F. The van der Waals surface area contributed by atoms with Crippen molar-refractivity contribution in [1.29, 1.82) is 0 Å². The third-order valence-electron chi connectivity index (χ3n) is 2.51. The van der Waals surface area contributed by atoms with Crippen molar-refractivity contribution in [3.63, 3.8) is 0 Å². The van der Waals surface area contributed by atoms with Gasteiger partial charge in [0.1, 0.15) is 0 Å². The molecule has 0 radical (unpaired) electrons. The van der Waals surface area contributed by atoms with E-state index < -0.39 is 48.1 Å². The molecule has 0 aromatic heterocycles. The lowest BCUT2D eigenvalue weighted by atomic mass is 9.93. The van der Waals surface area contributed by atoms with E-state index in [1.54, 1.807) is 0 Å². The number of carbonyl (C=O) groups is 1. The van der Waals surface area contributed by atoms with Crippen LogP contribution in [0.3, 0.4) is 0 Å². The van der Waals surface area contributed by atoms with E-state index in [0.717, 1.165) is 0 Å². The van der Waals surface area contributed by atoms with Crippen LogP contribution in [0.1, 0.15) is 0 Å². The quantitative estimate of drug-likeness (QED) is 0.476. The second-order valence-electron chi connectivity index (χ2n) is 4.25. The molecule has 0 heterocycles. The monoisotopic (exact) mass is 430 g/mol. The summed E-state index contributed by atoms with van der Waals surface area (Å²) in [7, 11) is 0. The molecule has 0 spiro atoms. The number of hydrogen-bond donors (Lipinski definition) is 1. The largest absolute Gasteiger partial charge is 0.510 e. The normalized spacial score (nSPS) is 15.8. The molecule has 18 heteroatoms. The molecule has 26 heavy (non-hydrogen) atoms. The minimum absolute atomic E-state index is 1.81. The zero-order valence-corrected chi connectivity index (χ0v) is 10.9. The van der Waals surface area contributed by atoms with Crippen LogP contribution in [0.25, 0.3) is 0 Å². The molecule has 0 aliphatic rings. The lowest BCUT2D eigenvalue weighted by Gasteiger charge is -2.40. The minimum atomic E-state index is -8.48. The summed E-state index contributed by atoms with van der Waals surface area (Å²) in [6, 6.07) is 0. The Morgan fingerprint density at radius 3 is 1.08 bits per heavy atom. The minimum Gasteiger partial charge on any atom is -0.450 e.